The van der Waals surface area contributed by atoms with E-state index in [1.165, 1.54) is 46.1 Å². The van der Waals surface area contributed by atoms with Crippen molar-refractivity contribution in [2.45, 2.75) is 38.5 Å². The number of benzene rings is 2. The minimum Gasteiger partial charge on any atom is -0.493 e. The van der Waals surface area contributed by atoms with Crippen LogP contribution in [0.5, 0.6) is 17.2 Å². The van der Waals surface area contributed by atoms with Gasteiger partial charge in [0.05, 0.1) is 21.3 Å². The third-order valence-corrected chi connectivity index (χ3v) is 5.69. The Morgan fingerprint density at radius 1 is 1.00 bits per heavy atom. The highest BCUT2D eigenvalue weighted by atomic mass is 16.5. The Balaban J connectivity index is 1.72. The van der Waals surface area contributed by atoms with E-state index in [1.54, 1.807) is 21.3 Å². The number of hydrogen-bond donors (Lipinski definition) is 1. The molecule has 4 nitrogen and oxygen atoms in total. The van der Waals surface area contributed by atoms with Gasteiger partial charge in [-0.15, -0.1) is 0 Å². The first-order valence-corrected chi connectivity index (χ1v) is 9.54. The van der Waals surface area contributed by atoms with Crippen molar-refractivity contribution in [1.82, 2.24) is 4.98 Å². The summed E-state index contributed by atoms with van der Waals surface area (Å²) in [6, 6.07) is 10.8. The number of aromatic nitrogens is 1. The lowest BCUT2D eigenvalue weighted by molar-refractivity contribution is 0.323. The van der Waals surface area contributed by atoms with E-state index >= 15 is 0 Å². The summed E-state index contributed by atoms with van der Waals surface area (Å²) in [7, 11) is 4.97. The molecule has 2 aromatic carbocycles. The molecule has 1 aromatic heterocycles. The van der Waals surface area contributed by atoms with Crippen molar-refractivity contribution >= 4 is 10.9 Å². The normalized spacial score (nSPS) is 16.2. The van der Waals surface area contributed by atoms with E-state index in [0.717, 1.165) is 24.3 Å². The third-order valence-electron chi connectivity index (χ3n) is 5.69. The second-order valence-electron chi connectivity index (χ2n) is 7.39. The number of aromatic amines is 1. The van der Waals surface area contributed by atoms with Crippen molar-refractivity contribution in [3.05, 3.63) is 52.7 Å². The van der Waals surface area contributed by atoms with Gasteiger partial charge in [0, 0.05) is 22.5 Å². The van der Waals surface area contributed by atoms with Crippen molar-refractivity contribution in [3.63, 3.8) is 0 Å². The van der Waals surface area contributed by atoms with Gasteiger partial charge < -0.3 is 19.2 Å². The van der Waals surface area contributed by atoms with Gasteiger partial charge >= 0.3 is 0 Å². The standard InChI is InChI=1S/C23H27NO3/c1-14-8-9-19-18(10-14)17-7-5-6-16(22(17)24-19)11-15-12-20(25-2)23(27-4)21(13-15)26-3/h8-10,12-13,16,24H,5-7,11H2,1-4H3. The maximum Gasteiger partial charge on any atom is 0.203 e. The average Bonchev–Trinajstić information content (AvgIpc) is 3.06. The molecule has 1 heterocycles. The van der Waals surface area contributed by atoms with Gasteiger partial charge in [0.1, 0.15) is 0 Å². The molecule has 1 aliphatic carbocycles. The zero-order chi connectivity index (χ0) is 19.0. The highest BCUT2D eigenvalue weighted by Gasteiger charge is 2.25. The van der Waals surface area contributed by atoms with Gasteiger partial charge in [-0.05, 0) is 68.0 Å². The summed E-state index contributed by atoms with van der Waals surface area (Å²) in [5, 5.41) is 1.39. The molecule has 142 valence electrons. The molecular formula is C23H27NO3. The highest BCUT2D eigenvalue weighted by Crippen LogP contribution is 2.42. The van der Waals surface area contributed by atoms with Crippen LogP contribution in [0.25, 0.3) is 10.9 Å². The minimum atomic E-state index is 0.476. The Kier molecular flexibility index (Phi) is 4.73. The molecule has 3 aromatic rings. The van der Waals surface area contributed by atoms with E-state index in [2.05, 4.69) is 42.2 Å². The fourth-order valence-electron chi connectivity index (χ4n) is 4.41. The average molecular weight is 365 g/mol. The van der Waals surface area contributed by atoms with E-state index in [4.69, 9.17) is 14.2 Å². The molecule has 0 aliphatic heterocycles. The Labute approximate surface area is 160 Å². The van der Waals surface area contributed by atoms with Crippen LogP contribution in [0.4, 0.5) is 0 Å². The number of ether oxygens (including phenoxy) is 3. The Bertz CT molecular complexity index is 948. The molecule has 0 saturated heterocycles. The van der Waals surface area contributed by atoms with Crippen LogP contribution in [-0.4, -0.2) is 26.3 Å². The Hall–Kier alpha value is -2.62. The van der Waals surface area contributed by atoms with Gasteiger partial charge in [0.25, 0.3) is 0 Å². The predicted octanol–water partition coefficient (Wildman–Crippen LogP) is 5.16. The summed E-state index contributed by atoms with van der Waals surface area (Å²) >= 11 is 0. The van der Waals surface area contributed by atoms with E-state index in [0.29, 0.717) is 11.7 Å². The van der Waals surface area contributed by atoms with E-state index in [9.17, 15) is 0 Å². The van der Waals surface area contributed by atoms with Crippen LogP contribution < -0.4 is 14.2 Å². The summed E-state index contributed by atoms with van der Waals surface area (Å²) in [6.45, 7) is 2.16. The number of H-pyrrole nitrogens is 1. The summed E-state index contributed by atoms with van der Waals surface area (Å²) in [5.41, 5.74) is 6.67. The monoisotopic (exact) mass is 365 g/mol. The topological polar surface area (TPSA) is 43.5 Å². The Morgan fingerprint density at radius 2 is 1.74 bits per heavy atom. The second-order valence-corrected chi connectivity index (χ2v) is 7.39. The molecule has 0 radical (unpaired) electrons. The van der Waals surface area contributed by atoms with E-state index < -0.39 is 0 Å². The molecule has 0 amide bonds. The first-order valence-electron chi connectivity index (χ1n) is 9.54. The zero-order valence-corrected chi connectivity index (χ0v) is 16.5. The van der Waals surface area contributed by atoms with Crippen LogP contribution in [0.1, 0.15) is 41.1 Å². The van der Waals surface area contributed by atoms with Gasteiger partial charge in [-0.3, -0.25) is 0 Å². The van der Waals surface area contributed by atoms with Crippen molar-refractivity contribution < 1.29 is 14.2 Å². The van der Waals surface area contributed by atoms with Gasteiger partial charge in [-0.1, -0.05) is 11.6 Å². The Morgan fingerprint density at radius 3 is 2.41 bits per heavy atom. The number of nitrogens with one attached hydrogen (secondary N) is 1. The molecule has 0 fully saturated rings. The fraction of sp³-hybridized carbons (Fsp3) is 0.391. The van der Waals surface area contributed by atoms with Crippen molar-refractivity contribution in [2.24, 2.45) is 0 Å². The van der Waals surface area contributed by atoms with Crippen LogP contribution in [0.15, 0.2) is 30.3 Å². The maximum atomic E-state index is 5.53. The van der Waals surface area contributed by atoms with Crippen LogP contribution in [0.2, 0.25) is 0 Å². The summed E-state index contributed by atoms with van der Waals surface area (Å²) < 4.78 is 16.5. The molecule has 4 heteroatoms. The lowest BCUT2D eigenvalue weighted by atomic mass is 9.83. The SMILES string of the molecule is COc1cc(CC2CCCc3c2[nH]c2ccc(C)cc32)cc(OC)c1OC. The van der Waals surface area contributed by atoms with Crippen LogP contribution in [0, 0.1) is 6.92 Å². The number of aryl methyl sites for hydroxylation is 2. The molecule has 4 rings (SSSR count). The quantitative estimate of drug-likeness (QED) is 0.679. The fourth-order valence-corrected chi connectivity index (χ4v) is 4.41. The van der Waals surface area contributed by atoms with Crippen LogP contribution in [-0.2, 0) is 12.8 Å². The van der Waals surface area contributed by atoms with E-state index in [1.807, 2.05) is 0 Å². The van der Waals surface area contributed by atoms with Gasteiger partial charge in [-0.25, -0.2) is 0 Å². The number of hydrogen-bond acceptors (Lipinski definition) is 3. The van der Waals surface area contributed by atoms with Crippen molar-refractivity contribution in [1.29, 1.82) is 0 Å². The van der Waals surface area contributed by atoms with Crippen molar-refractivity contribution in [2.75, 3.05) is 21.3 Å². The minimum absolute atomic E-state index is 0.476. The number of rotatable bonds is 5. The van der Waals surface area contributed by atoms with Crippen molar-refractivity contribution in [3.8, 4) is 17.2 Å². The highest BCUT2D eigenvalue weighted by molar-refractivity contribution is 5.85. The van der Waals surface area contributed by atoms with Gasteiger partial charge in [-0.2, -0.15) is 0 Å². The first-order chi connectivity index (χ1) is 13.1. The van der Waals surface area contributed by atoms with E-state index in [-0.39, 0.29) is 0 Å². The summed E-state index contributed by atoms with van der Waals surface area (Å²) in [5.74, 6) is 2.56. The predicted molar refractivity (Wildman–Crippen MR) is 109 cm³/mol. The molecular weight excluding hydrogens is 338 g/mol. The molecule has 1 N–H and O–H groups in total. The first kappa shape index (κ1) is 17.8. The lowest BCUT2D eigenvalue weighted by Crippen LogP contribution is -2.12. The van der Waals surface area contributed by atoms with Gasteiger partial charge in [0.2, 0.25) is 5.75 Å². The third kappa shape index (κ3) is 3.14. The summed E-state index contributed by atoms with van der Waals surface area (Å²) in [6.07, 6.45) is 4.53. The zero-order valence-electron chi connectivity index (χ0n) is 16.5. The van der Waals surface area contributed by atoms with Crippen LogP contribution in [0.3, 0.4) is 0 Å². The molecule has 1 aliphatic rings. The van der Waals surface area contributed by atoms with Crippen LogP contribution >= 0.6 is 0 Å². The number of methoxy groups -OCH3 is 3. The molecule has 1 atom stereocenters. The molecule has 1 unspecified atom stereocenters. The smallest absolute Gasteiger partial charge is 0.203 e. The van der Waals surface area contributed by atoms with Gasteiger partial charge in [0.15, 0.2) is 11.5 Å². The molecule has 0 saturated carbocycles. The summed E-state index contributed by atoms with van der Waals surface area (Å²) in [4.78, 5) is 3.71. The second kappa shape index (κ2) is 7.18. The molecule has 0 spiro atoms. The lowest BCUT2D eigenvalue weighted by Gasteiger charge is -2.23. The molecule has 27 heavy (non-hydrogen) atoms. The largest absolute Gasteiger partial charge is 0.493 e. The number of fused-ring (bicyclic) bond motifs is 3. The maximum absolute atomic E-state index is 5.53. The molecule has 0 bridgehead atoms.